The Hall–Kier alpha value is -1.94. The Balaban J connectivity index is 1.72. The lowest BCUT2D eigenvalue weighted by Crippen LogP contribution is -2.26. The first-order valence-corrected chi connectivity index (χ1v) is 8.98. The Bertz CT molecular complexity index is 690. The van der Waals surface area contributed by atoms with Gasteiger partial charge in [0.05, 0.1) is 17.1 Å². The van der Waals surface area contributed by atoms with Gasteiger partial charge in [-0.3, -0.25) is 4.98 Å². The molecule has 3 rings (SSSR count). The van der Waals surface area contributed by atoms with E-state index in [1.807, 2.05) is 13.8 Å². The maximum Gasteiger partial charge on any atom is 0.148 e. The van der Waals surface area contributed by atoms with E-state index in [1.54, 1.807) is 0 Å². The van der Waals surface area contributed by atoms with Crippen LogP contribution >= 0.6 is 0 Å². The SMILES string of the molecule is Cc1cccc(Cc2nc(C)c(C)nc2NCCN2CCCC2)c1. The van der Waals surface area contributed by atoms with Gasteiger partial charge in [0.1, 0.15) is 5.82 Å². The fraction of sp³-hybridized carbons (Fsp3) is 0.500. The van der Waals surface area contributed by atoms with E-state index in [0.717, 1.165) is 42.4 Å². The second kappa shape index (κ2) is 7.75. The van der Waals surface area contributed by atoms with Crippen LogP contribution in [-0.4, -0.2) is 41.0 Å². The molecule has 0 aliphatic carbocycles. The zero-order valence-corrected chi connectivity index (χ0v) is 15.1. The Morgan fingerprint density at radius 3 is 2.54 bits per heavy atom. The van der Waals surface area contributed by atoms with Crippen molar-refractivity contribution in [3.63, 3.8) is 0 Å². The standard InChI is InChI=1S/C20H28N4/c1-15-7-6-8-18(13-15)14-19-20(23-17(3)16(2)22-19)21-9-12-24-10-4-5-11-24/h6-8,13H,4-5,9-12,14H2,1-3H3,(H,21,23). The van der Waals surface area contributed by atoms with Crippen molar-refractivity contribution in [2.24, 2.45) is 0 Å². The van der Waals surface area contributed by atoms with E-state index in [9.17, 15) is 0 Å². The molecule has 1 aliphatic heterocycles. The first kappa shape index (κ1) is 16.9. The molecule has 1 N–H and O–H groups in total. The van der Waals surface area contributed by atoms with Crippen LogP contribution in [0.15, 0.2) is 24.3 Å². The van der Waals surface area contributed by atoms with Gasteiger partial charge in [-0.05, 0) is 52.3 Å². The van der Waals surface area contributed by atoms with Crippen LogP contribution in [0.3, 0.4) is 0 Å². The van der Waals surface area contributed by atoms with Crippen LogP contribution in [-0.2, 0) is 6.42 Å². The van der Waals surface area contributed by atoms with E-state index < -0.39 is 0 Å². The molecule has 0 bridgehead atoms. The van der Waals surface area contributed by atoms with Gasteiger partial charge < -0.3 is 10.2 Å². The number of aromatic nitrogens is 2. The second-order valence-electron chi connectivity index (χ2n) is 6.83. The molecule has 4 nitrogen and oxygen atoms in total. The number of anilines is 1. The third-order valence-electron chi connectivity index (χ3n) is 4.75. The topological polar surface area (TPSA) is 41.1 Å². The molecule has 0 spiro atoms. The summed E-state index contributed by atoms with van der Waals surface area (Å²) in [5.74, 6) is 0.943. The van der Waals surface area contributed by atoms with Crippen LogP contribution in [0.5, 0.6) is 0 Å². The smallest absolute Gasteiger partial charge is 0.148 e. The van der Waals surface area contributed by atoms with Gasteiger partial charge in [-0.15, -0.1) is 0 Å². The third kappa shape index (κ3) is 4.32. The van der Waals surface area contributed by atoms with Crippen molar-refractivity contribution >= 4 is 5.82 Å². The van der Waals surface area contributed by atoms with Crippen LogP contribution in [0, 0.1) is 20.8 Å². The molecule has 0 radical (unpaired) electrons. The van der Waals surface area contributed by atoms with Gasteiger partial charge in [0.15, 0.2) is 0 Å². The summed E-state index contributed by atoms with van der Waals surface area (Å²) in [4.78, 5) is 12.1. The van der Waals surface area contributed by atoms with Crippen LogP contribution < -0.4 is 5.32 Å². The molecule has 0 amide bonds. The van der Waals surface area contributed by atoms with Gasteiger partial charge in [0.25, 0.3) is 0 Å². The lowest BCUT2D eigenvalue weighted by Gasteiger charge is -2.17. The molecule has 1 aromatic heterocycles. The Labute approximate surface area is 145 Å². The number of likely N-dealkylation sites (tertiary alicyclic amines) is 1. The highest BCUT2D eigenvalue weighted by atomic mass is 15.2. The predicted molar refractivity (Wildman–Crippen MR) is 99.7 cm³/mol. The molecule has 0 atom stereocenters. The number of aryl methyl sites for hydroxylation is 3. The Kier molecular flexibility index (Phi) is 5.46. The largest absolute Gasteiger partial charge is 0.367 e. The molecule has 0 saturated carbocycles. The lowest BCUT2D eigenvalue weighted by molar-refractivity contribution is 0.352. The molecule has 1 aromatic carbocycles. The summed E-state index contributed by atoms with van der Waals surface area (Å²) >= 11 is 0. The van der Waals surface area contributed by atoms with Gasteiger partial charge >= 0.3 is 0 Å². The highest BCUT2D eigenvalue weighted by Crippen LogP contribution is 2.18. The average Bonchev–Trinajstić information content (AvgIpc) is 3.05. The number of hydrogen-bond donors (Lipinski definition) is 1. The number of nitrogens with zero attached hydrogens (tertiary/aromatic N) is 3. The number of hydrogen-bond acceptors (Lipinski definition) is 4. The quantitative estimate of drug-likeness (QED) is 0.883. The summed E-state index contributed by atoms with van der Waals surface area (Å²) in [7, 11) is 0. The first-order valence-electron chi connectivity index (χ1n) is 8.98. The van der Waals surface area contributed by atoms with Crippen molar-refractivity contribution in [2.45, 2.75) is 40.0 Å². The summed E-state index contributed by atoms with van der Waals surface area (Å²) < 4.78 is 0. The molecule has 1 aliphatic rings. The van der Waals surface area contributed by atoms with Crippen molar-refractivity contribution in [3.8, 4) is 0 Å². The summed E-state index contributed by atoms with van der Waals surface area (Å²) in [6.45, 7) is 10.7. The van der Waals surface area contributed by atoms with E-state index >= 15 is 0 Å². The molecule has 128 valence electrons. The van der Waals surface area contributed by atoms with Gasteiger partial charge in [0.2, 0.25) is 0 Å². The second-order valence-corrected chi connectivity index (χ2v) is 6.83. The fourth-order valence-corrected chi connectivity index (χ4v) is 3.27. The molecule has 24 heavy (non-hydrogen) atoms. The van der Waals surface area contributed by atoms with Crippen molar-refractivity contribution in [3.05, 3.63) is 52.5 Å². The van der Waals surface area contributed by atoms with Gasteiger partial charge in [-0.25, -0.2) is 4.98 Å². The first-order chi connectivity index (χ1) is 11.6. The molecular weight excluding hydrogens is 296 g/mol. The minimum Gasteiger partial charge on any atom is -0.367 e. The van der Waals surface area contributed by atoms with E-state index in [-0.39, 0.29) is 0 Å². The fourth-order valence-electron chi connectivity index (χ4n) is 3.27. The molecule has 2 heterocycles. The summed E-state index contributed by atoms with van der Waals surface area (Å²) in [5, 5.41) is 3.53. The van der Waals surface area contributed by atoms with Gasteiger partial charge in [-0.2, -0.15) is 0 Å². The monoisotopic (exact) mass is 324 g/mol. The normalized spacial score (nSPS) is 15.0. The zero-order chi connectivity index (χ0) is 16.9. The minimum absolute atomic E-state index is 0.821. The highest BCUT2D eigenvalue weighted by molar-refractivity contribution is 5.44. The van der Waals surface area contributed by atoms with Gasteiger partial charge in [0, 0.05) is 19.5 Å². The van der Waals surface area contributed by atoms with Crippen molar-refractivity contribution < 1.29 is 0 Å². The van der Waals surface area contributed by atoms with Crippen LogP contribution in [0.1, 0.15) is 41.1 Å². The molecule has 1 fully saturated rings. The average molecular weight is 324 g/mol. The molecule has 1 saturated heterocycles. The summed E-state index contributed by atoms with van der Waals surface area (Å²) in [6, 6.07) is 8.63. The van der Waals surface area contributed by atoms with E-state index in [2.05, 4.69) is 41.4 Å². The zero-order valence-electron chi connectivity index (χ0n) is 15.1. The van der Waals surface area contributed by atoms with Crippen molar-refractivity contribution in [1.29, 1.82) is 0 Å². The number of benzene rings is 1. The summed E-state index contributed by atoms with van der Waals surface area (Å²) in [6.07, 6.45) is 3.49. The number of nitrogens with one attached hydrogen (secondary N) is 1. The van der Waals surface area contributed by atoms with Crippen LogP contribution in [0.2, 0.25) is 0 Å². The van der Waals surface area contributed by atoms with Crippen molar-refractivity contribution in [1.82, 2.24) is 14.9 Å². The Morgan fingerprint density at radius 1 is 1.04 bits per heavy atom. The molecule has 0 unspecified atom stereocenters. The predicted octanol–water partition coefficient (Wildman–Crippen LogP) is 3.50. The minimum atomic E-state index is 0.821. The van der Waals surface area contributed by atoms with E-state index in [4.69, 9.17) is 9.97 Å². The van der Waals surface area contributed by atoms with Gasteiger partial charge in [-0.1, -0.05) is 29.8 Å². The number of rotatable bonds is 6. The molecule has 2 aromatic rings. The third-order valence-corrected chi connectivity index (χ3v) is 4.75. The maximum atomic E-state index is 4.81. The Morgan fingerprint density at radius 2 is 1.79 bits per heavy atom. The summed E-state index contributed by atoms with van der Waals surface area (Å²) in [5.41, 5.74) is 5.64. The van der Waals surface area contributed by atoms with Crippen LogP contribution in [0.25, 0.3) is 0 Å². The van der Waals surface area contributed by atoms with E-state index in [1.165, 1.54) is 37.1 Å². The highest BCUT2D eigenvalue weighted by Gasteiger charge is 2.13. The lowest BCUT2D eigenvalue weighted by atomic mass is 10.1. The molecule has 4 heteroatoms. The van der Waals surface area contributed by atoms with Crippen molar-refractivity contribution in [2.75, 3.05) is 31.5 Å². The molecular formula is C20H28N4. The van der Waals surface area contributed by atoms with Crippen LogP contribution in [0.4, 0.5) is 5.82 Å². The van der Waals surface area contributed by atoms with E-state index in [0.29, 0.717) is 0 Å². The maximum absolute atomic E-state index is 4.81.